The number of ether oxygens (including phenoxy) is 1. The van der Waals surface area contributed by atoms with Crippen LogP contribution >= 0.6 is 0 Å². The van der Waals surface area contributed by atoms with Gasteiger partial charge in [0.15, 0.2) is 0 Å². The fourth-order valence-electron chi connectivity index (χ4n) is 1.56. The van der Waals surface area contributed by atoms with E-state index in [4.69, 9.17) is 10.6 Å². The van der Waals surface area contributed by atoms with E-state index in [-0.39, 0.29) is 18.4 Å². The van der Waals surface area contributed by atoms with Gasteiger partial charge in [-0.05, 0) is 43.2 Å². The maximum atomic E-state index is 13.2. The second kappa shape index (κ2) is 7.26. The molecular weight excluding hydrogens is 285 g/mol. The predicted molar refractivity (Wildman–Crippen MR) is 83.2 cm³/mol. The van der Waals surface area contributed by atoms with Gasteiger partial charge in [0, 0.05) is 12.4 Å². The second-order valence-electron chi connectivity index (χ2n) is 4.64. The summed E-state index contributed by atoms with van der Waals surface area (Å²) in [6, 6.07) is 4.79. The van der Waals surface area contributed by atoms with Crippen LogP contribution in [0, 0.1) is 19.7 Å². The van der Waals surface area contributed by atoms with E-state index in [0.717, 1.165) is 5.56 Å². The molecule has 0 bridgehead atoms. The second-order valence-corrected chi connectivity index (χ2v) is 4.64. The smallest absolute Gasteiger partial charge is 0.316 e. The number of nitrogens with two attached hydrogens (primary N) is 1. The summed E-state index contributed by atoms with van der Waals surface area (Å²) in [5, 5.41) is 3.59. The standard InChI is InChI=1S/C15H16FN5O/c1-10-6-19-15(20-7-10)22-9-13(21-17)8-18-12-3-4-14(16)11(2)5-12/h3-8H,9,17H2,1-2H3. The van der Waals surface area contributed by atoms with E-state index in [1.807, 2.05) is 6.92 Å². The predicted octanol–water partition coefficient (Wildman–Crippen LogP) is 2.33. The van der Waals surface area contributed by atoms with Crippen LogP contribution < -0.4 is 10.6 Å². The van der Waals surface area contributed by atoms with Crippen LogP contribution in [0.25, 0.3) is 0 Å². The zero-order valence-corrected chi connectivity index (χ0v) is 12.3. The number of aryl methyl sites for hydroxylation is 2. The summed E-state index contributed by atoms with van der Waals surface area (Å²) in [7, 11) is 0. The Morgan fingerprint density at radius 2 is 2.05 bits per heavy atom. The van der Waals surface area contributed by atoms with Crippen molar-refractivity contribution in [2.45, 2.75) is 13.8 Å². The summed E-state index contributed by atoms with van der Waals surface area (Å²) < 4.78 is 18.5. The SMILES string of the molecule is Cc1cnc(OCC(C=Nc2ccc(F)c(C)c2)=NN)nc1. The van der Waals surface area contributed by atoms with Crippen molar-refractivity contribution >= 4 is 17.6 Å². The molecule has 0 amide bonds. The minimum absolute atomic E-state index is 0.0865. The molecule has 0 saturated heterocycles. The topological polar surface area (TPSA) is 85.8 Å². The van der Waals surface area contributed by atoms with Crippen molar-refractivity contribution in [2.75, 3.05) is 6.61 Å². The number of hydrogen-bond donors (Lipinski definition) is 1. The quantitative estimate of drug-likeness (QED) is 0.521. The zero-order chi connectivity index (χ0) is 15.9. The van der Waals surface area contributed by atoms with Crippen LogP contribution in [-0.2, 0) is 0 Å². The van der Waals surface area contributed by atoms with Crippen molar-refractivity contribution in [2.24, 2.45) is 15.9 Å². The monoisotopic (exact) mass is 301 g/mol. The van der Waals surface area contributed by atoms with E-state index >= 15 is 0 Å². The summed E-state index contributed by atoms with van der Waals surface area (Å²) in [6.07, 6.45) is 4.76. The third-order valence-electron chi connectivity index (χ3n) is 2.78. The van der Waals surface area contributed by atoms with Gasteiger partial charge >= 0.3 is 6.01 Å². The number of halogens is 1. The molecule has 1 heterocycles. The van der Waals surface area contributed by atoms with Gasteiger partial charge in [0.1, 0.15) is 18.1 Å². The Bertz CT molecular complexity index is 698. The summed E-state index contributed by atoms with van der Waals surface area (Å²) in [4.78, 5) is 12.2. The number of rotatable bonds is 5. The van der Waals surface area contributed by atoms with E-state index in [1.165, 1.54) is 12.3 Å². The third kappa shape index (κ3) is 4.34. The number of benzene rings is 1. The molecule has 0 spiro atoms. The molecule has 0 fully saturated rings. The molecule has 0 atom stereocenters. The Morgan fingerprint density at radius 1 is 1.32 bits per heavy atom. The van der Waals surface area contributed by atoms with Gasteiger partial charge in [0.2, 0.25) is 0 Å². The minimum atomic E-state index is -0.272. The molecule has 22 heavy (non-hydrogen) atoms. The fraction of sp³-hybridized carbons (Fsp3) is 0.200. The summed E-state index contributed by atoms with van der Waals surface area (Å²) >= 11 is 0. The molecule has 0 aliphatic rings. The maximum absolute atomic E-state index is 13.2. The Kier molecular flexibility index (Phi) is 5.13. The lowest BCUT2D eigenvalue weighted by Gasteiger charge is -2.03. The van der Waals surface area contributed by atoms with Crippen LogP contribution in [0.1, 0.15) is 11.1 Å². The Morgan fingerprint density at radius 3 is 2.68 bits per heavy atom. The van der Waals surface area contributed by atoms with Crippen LogP contribution in [0.2, 0.25) is 0 Å². The molecule has 0 unspecified atom stereocenters. The largest absolute Gasteiger partial charge is 0.457 e. The van der Waals surface area contributed by atoms with Crippen molar-refractivity contribution in [1.82, 2.24) is 9.97 Å². The molecule has 0 aliphatic carbocycles. The van der Waals surface area contributed by atoms with Crippen molar-refractivity contribution < 1.29 is 9.13 Å². The number of hydrazone groups is 1. The van der Waals surface area contributed by atoms with E-state index < -0.39 is 0 Å². The molecule has 6 nitrogen and oxygen atoms in total. The van der Waals surface area contributed by atoms with Gasteiger partial charge < -0.3 is 10.6 Å². The molecule has 0 saturated carbocycles. The Labute approximate surface area is 127 Å². The Hall–Kier alpha value is -2.83. The minimum Gasteiger partial charge on any atom is -0.457 e. The van der Waals surface area contributed by atoms with E-state index in [9.17, 15) is 4.39 Å². The number of aromatic nitrogens is 2. The van der Waals surface area contributed by atoms with Crippen molar-refractivity contribution in [3.05, 3.63) is 47.5 Å². The normalized spacial score (nSPS) is 11.9. The molecule has 2 aromatic rings. The van der Waals surface area contributed by atoms with Crippen molar-refractivity contribution in [3.63, 3.8) is 0 Å². The van der Waals surface area contributed by atoms with Gasteiger partial charge in [-0.1, -0.05) is 0 Å². The molecule has 7 heteroatoms. The van der Waals surface area contributed by atoms with E-state index in [2.05, 4.69) is 20.1 Å². The van der Waals surface area contributed by atoms with E-state index in [1.54, 1.807) is 31.5 Å². The molecule has 114 valence electrons. The van der Waals surface area contributed by atoms with Crippen LogP contribution in [0.5, 0.6) is 6.01 Å². The molecule has 1 aromatic carbocycles. The summed E-state index contributed by atoms with van der Waals surface area (Å²) in [6.45, 7) is 3.64. The fourth-order valence-corrected chi connectivity index (χ4v) is 1.56. The molecule has 1 aromatic heterocycles. The van der Waals surface area contributed by atoms with Gasteiger partial charge in [-0.2, -0.15) is 5.10 Å². The first-order valence-corrected chi connectivity index (χ1v) is 6.57. The van der Waals surface area contributed by atoms with Crippen LogP contribution in [-0.4, -0.2) is 28.5 Å². The van der Waals surface area contributed by atoms with Gasteiger partial charge in [-0.15, -0.1) is 0 Å². The highest BCUT2D eigenvalue weighted by atomic mass is 19.1. The molecular formula is C15H16FN5O. The van der Waals surface area contributed by atoms with Gasteiger partial charge in [0.05, 0.1) is 11.9 Å². The first-order valence-electron chi connectivity index (χ1n) is 6.57. The molecule has 2 rings (SSSR count). The zero-order valence-electron chi connectivity index (χ0n) is 12.3. The molecule has 0 aliphatic heterocycles. The number of nitrogens with zero attached hydrogens (tertiary/aromatic N) is 4. The highest BCUT2D eigenvalue weighted by Gasteiger charge is 2.02. The van der Waals surface area contributed by atoms with Gasteiger partial charge in [-0.3, -0.25) is 4.99 Å². The van der Waals surface area contributed by atoms with Crippen LogP contribution in [0.4, 0.5) is 10.1 Å². The molecule has 2 N–H and O–H groups in total. The highest BCUT2D eigenvalue weighted by Crippen LogP contribution is 2.16. The van der Waals surface area contributed by atoms with E-state index in [0.29, 0.717) is 17.0 Å². The lowest BCUT2D eigenvalue weighted by atomic mass is 10.2. The number of hydrogen-bond acceptors (Lipinski definition) is 6. The maximum Gasteiger partial charge on any atom is 0.316 e. The lowest BCUT2D eigenvalue weighted by Crippen LogP contribution is -2.16. The van der Waals surface area contributed by atoms with Crippen LogP contribution in [0.15, 0.2) is 40.7 Å². The average molecular weight is 301 g/mol. The average Bonchev–Trinajstić information content (AvgIpc) is 2.52. The van der Waals surface area contributed by atoms with Gasteiger partial charge in [-0.25, -0.2) is 14.4 Å². The summed E-state index contributed by atoms with van der Waals surface area (Å²) in [5.41, 5.74) is 2.47. The summed E-state index contributed by atoms with van der Waals surface area (Å²) in [5.74, 6) is 5.02. The van der Waals surface area contributed by atoms with Gasteiger partial charge in [0.25, 0.3) is 0 Å². The first-order chi connectivity index (χ1) is 10.6. The van der Waals surface area contributed by atoms with Crippen molar-refractivity contribution in [1.29, 1.82) is 0 Å². The van der Waals surface area contributed by atoms with Crippen molar-refractivity contribution in [3.8, 4) is 6.01 Å². The third-order valence-corrected chi connectivity index (χ3v) is 2.78. The number of aliphatic imine (C=N–C) groups is 1. The molecule has 0 radical (unpaired) electrons. The Balaban J connectivity index is 1.98. The van der Waals surface area contributed by atoms with Crippen LogP contribution in [0.3, 0.4) is 0 Å². The lowest BCUT2D eigenvalue weighted by molar-refractivity contribution is 0.346. The first kappa shape index (κ1) is 15.6. The highest BCUT2D eigenvalue weighted by molar-refractivity contribution is 6.31.